The number of rotatable bonds is 45. The molecular formula is C52H98O9. The molecule has 360 valence electrons. The van der Waals surface area contributed by atoms with Gasteiger partial charge in [0, 0.05) is 13.0 Å². The Kier molecular flexibility index (Phi) is 41.5. The maximum absolute atomic E-state index is 12.8. The van der Waals surface area contributed by atoms with E-state index in [-0.39, 0.29) is 19.2 Å². The van der Waals surface area contributed by atoms with Gasteiger partial charge in [-0.05, 0) is 38.5 Å². The number of aliphatic hydroxyl groups excluding tert-OH is 4. The van der Waals surface area contributed by atoms with E-state index < -0.39 is 43.4 Å². The molecule has 1 aliphatic rings. The third kappa shape index (κ3) is 34.7. The molecule has 4 N–H and O–H groups in total. The first-order valence-corrected chi connectivity index (χ1v) is 25.9. The van der Waals surface area contributed by atoms with Crippen LogP contribution < -0.4 is 0 Å². The Bertz CT molecular complexity index is 988. The van der Waals surface area contributed by atoms with Gasteiger partial charge in [-0.2, -0.15) is 0 Å². The predicted octanol–water partition coefficient (Wildman–Crippen LogP) is 12.5. The molecule has 6 atom stereocenters. The van der Waals surface area contributed by atoms with E-state index in [0.717, 1.165) is 57.8 Å². The van der Waals surface area contributed by atoms with Crippen LogP contribution in [0.25, 0.3) is 0 Å². The lowest BCUT2D eigenvalue weighted by Gasteiger charge is -2.39. The molecule has 61 heavy (non-hydrogen) atoms. The Morgan fingerprint density at radius 3 is 1.48 bits per heavy atom. The summed E-state index contributed by atoms with van der Waals surface area (Å²) >= 11 is 0. The third-order valence-electron chi connectivity index (χ3n) is 12.1. The topological polar surface area (TPSA) is 135 Å². The third-order valence-corrected chi connectivity index (χ3v) is 12.1. The second kappa shape index (κ2) is 43.9. The van der Waals surface area contributed by atoms with Gasteiger partial charge in [0.05, 0.1) is 19.8 Å². The Morgan fingerprint density at radius 2 is 0.984 bits per heavy atom. The highest BCUT2D eigenvalue weighted by molar-refractivity contribution is 5.69. The molecule has 9 nitrogen and oxygen atoms in total. The lowest BCUT2D eigenvalue weighted by atomic mass is 9.99. The van der Waals surface area contributed by atoms with Crippen molar-refractivity contribution in [3.63, 3.8) is 0 Å². The van der Waals surface area contributed by atoms with Gasteiger partial charge in [0.1, 0.15) is 30.5 Å². The van der Waals surface area contributed by atoms with Crippen molar-refractivity contribution < 1.29 is 44.2 Å². The molecule has 1 heterocycles. The fraction of sp³-hybridized carbons (Fsp3) is 0.904. The lowest BCUT2D eigenvalue weighted by Crippen LogP contribution is -2.59. The SMILES string of the molecule is CCC/C=C\C/C=C\CCCCCCCCOCC(COC1OC(CO)C(O)C(O)C1O)OC(=O)CCCCCCCCCCCCCCCCCCCCCCCCCC. The highest BCUT2D eigenvalue weighted by atomic mass is 16.7. The first-order chi connectivity index (χ1) is 29.9. The van der Waals surface area contributed by atoms with Crippen molar-refractivity contribution in [2.24, 2.45) is 0 Å². The summed E-state index contributed by atoms with van der Waals surface area (Å²) in [6.07, 6.45) is 45.1. The zero-order valence-corrected chi connectivity index (χ0v) is 39.7. The van der Waals surface area contributed by atoms with E-state index in [1.54, 1.807) is 0 Å². The van der Waals surface area contributed by atoms with Gasteiger partial charge in [-0.1, -0.05) is 218 Å². The maximum atomic E-state index is 12.8. The quantitative estimate of drug-likeness (QED) is 0.0268. The highest BCUT2D eigenvalue weighted by Gasteiger charge is 2.44. The van der Waals surface area contributed by atoms with Gasteiger partial charge < -0.3 is 39.4 Å². The Morgan fingerprint density at radius 1 is 0.525 bits per heavy atom. The van der Waals surface area contributed by atoms with Gasteiger partial charge in [0.2, 0.25) is 0 Å². The summed E-state index contributed by atoms with van der Waals surface area (Å²) in [6, 6.07) is 0. The molecule has 0 radical (unpaired) electrons. The lowest BCUT2D eigenvalue weighted by molar-refractivity contribution is -0.305. The van der Waals surface area contributed by atoms with Crippen molar-refractivity contribution in [3.05, 3.63) is 24.3 Å². The molecule has 1 saturated heterocycles. The number of aliphatic hydroxyl groups is 4. The van der Waals surface area contributed by atoms with Gasteiger partial charge >= 0.3 is 5.97 Å². The first-order valence-electron chi connectivity index (χ1n) is 25.9. The molecule has 1 aliphatic heterocycles. The molecule has 0 aromatic rings. The number of hydrogen-bond acceptors (Lipinski definition) is 9. The van der Waals surface area contributed by atoms with Gasteiger partial charge in [-0.3, -0.25) is 4.79 Å². The number of esters is 1. The molecule has 0 spiro atoms. The molecule has 0 bridgehead atoms. The van der Waals surface area contributed by atoms with Crippen LogP contribution in [0.4, 0.5) is 0 Å². The standard InChI is InChI=1S/C52H98O9/c1-3-5-7-9-11-13-15-17-19-20-21-22-23-24-25-26-27-28-29-31-33-35-37-39-41-48(54)60-46(45-59-52-51(57)50(56)49(55)47(43-53)61-52)44-58-42-40-38-36-34-32-30-18-16-14-12-10-8-6-4-2/h8,10,14,16,46-47,49-53,55-57H,3-7,9,11-13,15,17-45H2,1-2H3/b10-8-,16-14-. The number of unbranched alkanes of at least 4 members (excludes halogenated alkanes) is 30. The monoisotopic (exact) mass is 867 g/mol. The smallest absolute Gasteiger partial charge is 0.306 e. The van der Waals surface area contributed by atoms with Crippen LogP contribution in [0.15, 0.2) is 24.3 Å². The Balaban J connectivity index is 2.15. The second-order valence-electron chi connectivity index (χ2n) is 18.0. The summed E-state index contributed by atoms with van der Waals surface area (Å²) in [5.74, 6) is -0.312. The van der Waals surface area contributed by atoms with E-state index in [4.69, 9.17) is 18.9 Å². The van der Waals surface area contributed by atoms with Crippen molar-refractivity contribution in [1.82, 2.24) is 0 Å². The number of hydrogen-bond donors (Lipinski definition) is 4. The van der Waals surface area contributed by atoms with Gasteiger partial charge in [-0.25, -0.2) is 0 Å². The summed E-state index contributed by atoms with van der Waals surface area (Å²) in [7, 11) is 0. The number of carbonyl (C=O) groups is 1. The van der Waals surface area contributed by atoms with E-state index in [2.05, 4.69) is 38.2 Å². The van der Waals surface area contributed by atoms with E-state index in [1.807, 2.05) is 0 Å². The average molecular weight is 867 g/mol. The van der Waals surface area contributed by atoms with Crippen LogP contribution >= 0.6 is 0 Å². The van der Waals surface area contributed by atoms with Crippen molar-refractivity contribution in [3.8, 4) is 0 Å². The number of allylic oxidation sites excluding steroid dienone is 4. The molecule has 9 heteroatoms. The summed E-state index contributed by atoms with van der Waals surface area (Å²) < 4.78 is 22.9. The molecule has 0 amide bonds. The van der Waals surface area contributed by atoms with Gasteiger partial charge in [0.15, 0.2) is 6.29 Å². The van der Waals surface area contributed by atoms with Crippen LogP contribution in [0.2, 0.25) is 0 Å². The maximum Gasteiger partial charge on any atom is 0.306 e. The summed E-state index contributed by atoms with van der Waals surface area (Å²) in [4.78, 5) is 12.8. The Labute approximate surface area is 375 Å². The second-order valence-corrected chi connectivity index (χ2v) is 18.0. The average Bonchev–Trinajstić information content (AvgIpc) is 3.26. The van der Waals surface area contributed by atoms with Crippen molar-refractivity contribution >= 4 is 5.97 Å². The van der Waals surface area contributed by atoms with E-state index in [9.17, 15) is 25.2 Å². The summed E-state index contributed by atoms with van der Waals surface area (Å²) in [5, 5.41) is 40.2. The fourth-order valence-corrected chi connectivity index (χ4v) is 8.06. The molecule has 6 unspecified atom stereocenters. The molecule has 1 rings (SSSR count). The van der Waals surface area contributed by atoms with Crippen LogP contribution in [0.3, 0.4) is 0 Å². The zero-order chi connectivity index (χ0) is 44.3. The molecule has 0 aromatic heterocycles. The molecule has 0 aliphatic carbocycles. The van der Waals surface area contributed by atoms with Crippen molar-refractivity contribution in [2.75, 3.05) is 26.4 Å². The van der Waals surface area contributed by atoms with Crippen LogP contribution in [0.5, 0.6) is 0 Å². The normalized spacial score (nSPS) is 20.0. The van der Waals surface area contributed by atoms with E-state index in [1.165, 1.54) is 161 Å². The molecule has 0 saturated carbocycles. The predicted molar refractivity (Wildman–Crippen MR) is 252 cm³/mol. The van der Waals surface area contributed by atoms with Crippen molar-refractivity contribution in [2.45, 2.75) is 275 Å². The van der Waals surface area contributed by atoms with Gasteiger partial charge in [-0.15, -0.1) is 0 Å². The fourth-order valence-electron chi connectivity index (χ4n) is 8.06. The minimum Gasteiger partial charge on any atom is -0.457 e. The molecular weight excluding hydrogens is 769 g/mol. The number of ether oxygens (including phenoxy) is 4. The molecule has 0 aromatic carbocycles. The first kappa shape index (κ1) is 57.7. The minimum atomic E-state index is -1.54. The van der Waals surface area contributed by atoms with Crippen molar-refractivity contribution in [1.29, 1.82) is 0 Å². The van der Waals surface area contributed by atoms with Crippen LogP contribution in [-0.2, 0) is 23.7 Å². The summed E-state index contributed by atoms with van der Waals surface area (Å²) in [6.45, 7) is 4.51. The Hall–Kier alpha value is -1.33. The molecule has 1 fully saturated rings. The highest BCUT2D eigenvalue weighted by Crippen LogP contribution is 2.23. The number of carbonyl (C=O) groups excluding carboxylic acids is 1. The largest absolute Gasteiger partial charge is 0.457 e. The minimum absolute atomic E-state index is 0.114. The van der Waals surface area contributed by atoms with E-state index >= 15 is 0 Å². The van der Waals surface area contributed by atoms with E-state index in [0.29, 0.717) is 13.0 Å². The van der Waals surface area contributed by atoms with Crippen LogP contribution in [0, 0.1) is 0 Å². The van der Waals surface area contributed by atoms with Gasteiger partial charge in [0.25, 0.3) is 0 Å². The van der Waals surface area contributed by atoms with Crippen LogP contribution in [-0.4, -0.2) is 89.6 Å². The van der Waals surface area contributed by atoms with Crippen LogP contribution in [0.1, 0.15) is 239 Å². The summed E-state index contributed by atoms with van der Waals surface area (Å²) in [5.41, 5.74) is 0. The zero-order valence-electron chi connectivity index (χ0n) is 39.7.